The van der Waals surface area contributed by atoms with Crippen LogP contribution in [-0.2, 0) is 5.41 Å². The second-order valence-corrected chi connectivity index (χ2v) is 13.7. The van der Waals surface area contributed by atoms with Crippen LogP contribution >= 0.6 is 0 Å². The molecule has 1 heteroatoms. The minimum atomic E-state index is -2.28. The summed E-state index contributed by atoms with van der Waals surface area (Å²) in [7, 11) is 0. The number of fused-ring (bicyclic) bond motifs is 4. The van der Waals surface area contributed by atoms with E-state index in [1.54, 1.807) is 0 Å². The topological polar surface area (TPSA) is 3.24 Å². The van der Waals surface area contributed by atoms with E-state index in [0.717, 1.165) is 44.4 Å². The average Bonchev–Trinajstić information content (AvgIpc) is 3.26. The molecule has 0 saturated carbocycles. The van der Waals surface area contributed by atoms with Crippen molar-refractivity contribution in [1.82, 2.24) is 0 Å². The molecule has 0 aliphatic heterocycles. The summed E-state index contributed by atoms with van der Waals surface area (Å²) in [4.78, 5) is 2.44. The Morgan fingerprint density at radius 1 is 0.545 bits per heavy atom. The van der Waals surface area contributed by atoms with E-state index in [2.05, 4.69) is 150 Å². The molecule has 0 radical (unpaired) electrons. The molecule has 6 aromatic carbocycles. The maximum Gasteiger partial charge on any atom is 0.0495 e. The van der Waals surface area contributed by atoms with Crippen molar-refractivity contribution in [2.45, 2.75) is 59.3 Å². The van der Waals surface area contributed by atoms with Crippen LogP contribution in [0.25, 0.3) is 44.2 Å². The molecule has 0 heterocycles. The molecule has 7 rings (SSSR count). The van der Waals surface area contributed by atoms with Gasteiger partial charge in [-0.2, -0.15) is 0 Å². The van der Waals surface area contributed by atoms with Gasteiger partial charge in [0.05, 0.1) is 0 Å². The SMILES string of the molecule is [2H]C([2H])([2H])c1cc2c(cc1-c1ccc(N(c3cc(-c4ccccc4)ccc3C)C(C)(C)C)c3ccccc13)C(C)(C)c1ccccc1-2. The zero-order valence-corrected chi connectivity index (χ0v) is 26.5. The third kappa shape index (κ3) is 4.46. The Morgan fingerprint density at radius 3 is 2.00 bits per heavy atom. The lowest BCUT2D eigenvalue weighted by atomic mass is 9.80. The largest absolute Gasteiger partial charge is 0.335 e. The molecule has 44 heavy (non-hydrogen) atoms. The lowest BCUT2D eigenvalue weighted by Crippen LogP contribution is -2.38. The maximum atomic E-state index is 8.66. The second-order valence-electron chi connectivity index (χ2n) is 13.7. The third-order valence-corrected chi connectivity index (χ3v) is 9.38. The van der Waals surface area contributed by atoms with Crippen molar-refractivity contribution >= 4 is 22.1 Å². The minimum Gasteiger partial charge on any atom is -0.335 e. The molecule has 6 aromatic rings. The summed E-state index contributed by atoms with van der Waals surface area (Å²) in [6.07, 6.45) is 0. The van der Waals surface area contributed by atoms with E-state index in [1.165, 1.54) is 27.8 Å². The molecule has 0 aromatic heterocycles. The second kappa shape index (κ2) is 10.2. The van der Waals surface area contributed by atoms with Crippen LogP contribution in [0.1, 0.15) is 61.0 Å². The summed E-state index contributed by atoms with van der Waals surface area (Å²) >= 11 is 0. The van der Waals surface area contributed by atoms with Gasteiger partial charge in [0.25, 0.3) is 0 Å². The first-order valence-corrected chi connectivity index (χ1v) is 15.5. The molecular weight excluding hydrogens is 530 g/mol. The highest BCUT2D eigenvalue weighted by Gasteiger charge is 2.36. The molecule has 0 atom stereocenters. The zero-order chi connectivity index (χ0) is 33.3. The Labute approximate surface area is 267 Å². The minimum absolute atomic E-state index is 0.242. The molecule has 0 amide bonds. The summed E-state index contributed by atoms with van der Waals surface area (Å²) in [5.74, 6) is 0. The van der Waals surface area contributed by atoms with Crippen molar-refractivity contribution in [2.24, 2.45) is 0 Å². The lowest BCUT2D eigenvalue weighted by Gasteiger charge is -2.40. The van der Waals surface area contributed by atoms with Crippen molar-refractivity contribution in [2.75, 3.05) is 4.90 Å². The van der Waals surface area contributed by atoms with Crippen LogP contribution in [0.2, 0.25) is 0 Å². The van der Waals surface area contributed by atoms with Gasteiger partial charge >= 0.3 is 0 Å². The maximum absolute atomic E-state index is 8.66. The Bertz CT molecular complexity index is 2150. The molecule has 0 bridgehead atoms. The first kappa shape index (κ1) is 24.8. The Balaban J connectivity index is 1.46. The summed E-state index contributed by atoms with van der Waals surface area (Å²) in [6.45, 7) is 11.1. The van der Waals surface area contributed by atoms with Crippen molar-refractivity contribution < 1.29 is 4.11 Å². The fourth-order valence-electron chi connectivity index (χ4n) is 7.20. The van der Waals surface area contributed by atoms with Crippen LogP contribution in [-0.4, -0.2) is 5.54 Å². The van der Waals surface area contributed by atoms with Crippen LogP contribution in [0.5, 0.6) is 0 Å². The Kier molecular flexibility index (Phi) is 5.77. The van der Waals surface area contributed by atoms with E-state index in [9.17, 15) is 0 Å². The van der Waals surface area contributed by atoms with E-state index in [4.69, 9.17) is 4.11 Å². The average molecular weight is 575 g/mol. The summed E-state index contributed by atoms with van der Waals surface area (Å²) in [6, 6.07) is 42.5. The van der Waals surface area contributed by atoms with E-state index in [1.807, 2.05) is 18.2 Å². The summed E-state index contributed by atoms with van der Waals surface area (Å²) < 4.78 is 26.0. The molecule has 1 nitrogen and oxygen atoms in total. The third-order valence-electron chi connectivity index (χ3n) is 9.38. The highest BCUT2D eigenvalue weighted by atomic mass is 15.2. The molecule has 218 valence electrons. The monoisotopic (exact) mass is 574 g/mol. The van der Waals surface area contributed by atoms with Gasteiger partial charge in [0.1, 0.15) is 0 Å². The number of aryl methyl sites for hydroxylation is 2. The predicted octanol–water partition coefficient (Wildman–Crippen LogP) is 12.0. The number of nitrogens with zero attached hydrogens (tertiary/aromatic N) is 1. The normalized spacial score (nSPS) is 14.8. The first-order valence-electron chi connectivity index (χ1n) is 17.0. The van der Waals surface area contributed by atoms with Gasteiger partial charge in [-0.1, -0.05) is 117 Å². The van der Waals surface area contributed by atoms with E-state index < -0.39 is 6.85 Å². The van der Waals surface area contributed by atoms with Crippen LogP contribution in [0.4, 0.5) is 11.4 Å². The van der Waals surface area contributed by atoms with Gasteiger partial charge in [0.15, 0.2) is 0 Å². The smallest absolute Gasteiger partial charge is 0.0495 e. The first-order chi connectivity index (χ1) is 22.3. The number of hydrogen-bond donors (Lipinski definition) is 0. The molecule has 0 fully saturated rings. The highest BCUT2D eigenvalue weighted by molar-refractivity contribution is 6.06. The quantitative estimate of drug-likeness (QED) is 0.202. The van der Waals surface area contributed by atoms with Gasteiger partial charge in [-0.05, 0) is 114 Å². The van der Waals surface area contributed by atoms with Crippen LogP contribution < -0.4 is 4.90 Å². The molecule has 0 saturated heterocycles. The highest BCUT2D eigenvalue weighted by Crippen LogP contribution is 2.51. The molecule has 1 aliphatic rings. The van der Waals surface area contributed by atoms with Gasteiger partial charge in [-0.25, -0.2) is 0 Å². The van der Waals surface area contributed by atoms with Crippen molar-refractivity contribution in [3.63, 3.8) is 0 Å². The fraction of sp³-hybridized carbons (Fsp3) is 0.209. The lowest BCUT2D eigenvalue weighted by molar-refractivity contribution is 0.560. The zero-order valence-electron chi connectivity index (χ0n) is 29.5. The Morgan fingerprint density at radius 2 is 1.25 bits per heavy atom. The van der Waals surface area contributed by atoms with E-state index in [-0.39, 0.29) is 11.0 Å². The number of rotatable bonds is 4. The fourth-order valence-corrected chi connectivity index (χ4v) is 7.20. The molecule has 1 aliphatic carbocycles. The van der Waals surface area contributed by atoms with Crippen LogP contribution in [0.3, 0.4) is 0 Å². The Hall–Kier alpha value is -4.62. The van der Waals surface area contributed by atoms with Gasteiger partial charge < -0.3 is 4.90 Å². The van der Waals surface area contributed by atoms with E-state index >= 15 is 0 Å². The van der Waals surface area contributed by atoms with Crippen molar-refractivity contribution in [1.29, 1.82) is 0 Å². The van der Waals surface area contributed by atoms with Crippen molar-refractivity contribution in [3.8, 4) is 33.4 Å². The summed E-state index contributed by atoms with van der Waals surface area (Å²) in [5, 5.41) is 2.12. The molecule has 0 unspecified atom stereocenters. The number of hydrogen-bond acceptors (Lipinski definition) is 1. The molecular formula is C43H41N. The standard InChI is InChI=1S/C43H41N/c1-28-21-22-31(30-15-9-8-10-16-30)26-41(28)44(42(3,4)5)40-24-23-33(32-17-11-12-19-35(32)40)36-27-39-37(25-29(36)2)34-18-13-14-20-38(34)43(39,6)7/h8-27H,1-7H3/i2D3. The van der Waals surface area contributed by atoms with Gasteiger partial charge in [0, 0.05) is 31.8 Å². The van der Waals surface area contributed by atoms with Gasteiger partial charge in [-0.3, -0.25) is 0 Å². The summed E-state index contributed by atoms with van der Waals surface area (Å²) in [5.41, 5.74) is 11.9. The van der Waals surface area contributed by atoms with Crippen molar-refractivity contribution in [3.05, 3.63) is 144 Å². The van der Waals surface area contributed by atoms with Gasteiger partial charge in [0.2, 0.25) is 0 Å². The van der Waals surface area contributed by atoms with Gasteiger partial charge in [-0.15, -0.1) is 0 Å². The predicted molar refractivity (Wildman–Crippen MR) is 190 cm³/mol. The molecule has 0 N–H and O–H groups in total. The molecule has 0 spiro atoms. The van der Waals surface area contributed by atoms with E-state index in [0.29, 0.717) is 5.56 Å². The number of benzene rings is 6. The van der Waals surface area contributed by atoms with Crippen LogP contribution in [0, 0.1) is 13.8 Å². The number of anilines is 2. The van der Waals surface area contributed by atoms with Crippen LogP contribution in [0.15, 0.2) is 121 Å².